The maximum Gasteiger partial charge on any atom is 0.0583 e. The molecule has 0 bridgehead atoms. The normalized spacial score (nSPS) is 20.1. The van der Waals surface area contributed by atoms with Gasteiger partial charge in [0, 0.05) is 11.1 Å². The van der Waals surface area contributed by atoms with Crippen LogP contribution < -0.4 is 5.73 Å². The molecule has 1 aromatic rings. The molecule has 0 aliphatic carbocycles. The number of nitrogens with two attached hydrogens (primary N) is 1. The molecule has 1 saturated heterocycles. The SMILES string of the molecule is CC1(c2ccccc2N)COC1. The topological polar surface area (TPSA) is 35.2 Å². The minimum Gasteiger partial charge on any atom is -0.398 e. The van der Waals surface area contributed by atoms with E-state index >= 15 is 0 Å². The quantitative estimate of drug-likeness (QED) is 0.637. The minimum atomic E-state index is 0.158. The molecule has 1 heterocycles. The van der Waals surface area contributed by atoms with Crippen molar-refractivity contribution in [1.82, 2.24) is 0 Å². The Bertz CT molecular complexity index is 292. The third kappa shape index (κ3) is 0.994. The van der Waals surface area contributed by atoms with E-state index in [9.17, 15) is 0 Å². The van der Waals surface area contributed by atoms with Crippen LogP contribution in [0.3, 0.4) is 0 Å². The summed E-state index contributed by atoms with van der Waals surface area (Å²) in [6, 6.07) is 8.01. The molecule has 0 unspecified atom stereocenters. The standard InChI is InChI=1S/C10H13NO/c1-10(6-12-7-10)8-4-2-3-5-9(8)11/h2-5H,6-7,11H2,1H3. The van der Waals surface area contributed by atoms with Crippen molar-refractivity contribution < 1.29 is 4.74 Å². The summed E-state index contributed by atoms with van der Waals surface area (Å²) in [6.07, 6.45) is 0. The van der Waals surface area contributed by atoms with Crippen molar-refractivity contribution in [1.29, 1.82) is 0 Å². The maximum atomic E-state index is 5.86. The van der Waals surface area contributed by atoms with E-state index in [1.807, 2.05) is 18.2 Å². The number of hydrogen-bond acceptors (Lipinski definition) is 2. The molecule has 2 N–H and O–H groups in total. The molecule has 1 fully saturated rings. The monoisotopic (exact) mass is 163 g/mol. The average Bonchev–Trinajstić information content (AvgIpc) is 2.01. The fraction of sp³-hybridized carbons (Fsp3) is 0.400. The van der Waals surface area contributed by atoms with Gasteiger partial charge in [0.25, 0.3) is 0 Å². The molecular formula is C10H13NO. The lowest BCUT2D eigenvalue weighted by molar-refractivity contribution is -0.0496. The van der Waals surface area contributed by atoms with Gasteiger partial charge in [0.1, 0.15) is 0 Å². The largest absolute Gasteiger partial charge is 0.398 e. The number of para-hydroxylation sites is 1. The van der Waals surface area contributed by atoms with E-state index < -0.39 is 0 Å². The van der Waals surface area contributed by atoms with Crippen LogP contribution in [-0.2, 0) is 10.2 Å². The van der Waals surface area contributed by atoms with Gasteiger partial charge in [-0.2, -0.15) is 0 Å². The van der Waals surface area contributed by atoms with Crippen molar-refractivity contribution in [2.45, 2.75) is 12.3 Å². The van der Waals surface area contributed by atoms with E-state index in [2.05, 4.69) is 13.0 Å². The number of nitrogen functional groups attached to an aromatic ring is 1. The molecule has 0 aromatic heterocycles. The lowest BCUT2D eigenvalue weighted by Gasteiger charge is -2.39. The third-order valence-corrected chi connectivity index (χ3v) is 2.45. The first-order valence-corrected chi connectivity index (χ1v) is 4.15. The van der Waals surface area contributed by atoms with Gasteiger partial charge in [0.05, 0.1) is 13.2 Å². The highest BCUT2D eigenvalue weighted by molar-refractivity contribution is 5.51. The summed E-state index contributed by atoms with van der Waals surface area (Å²) >= 11 is 0. The minimum absolute atomic E-state index is 0.158. The molecule has 2 heteroatoms. The molecule has 12 heavy (non-hydrogen) atoms. The second kappa shape index (κ2) is 2.49. The van der Waals surface area contributed by atoms with E-state index in [-0.39, 0.29) is 5.41 Å². The van der Waals surface area contributed by atoms with Crippen LogP contribution in [0, 0.1) is 0 Å². The first kappa shape index (κ1) is 7.62. The lowest BCUT2D eigenvalue weighted by atomic mass is 9.80. The van der Waals surface area contributed by atoms with Crippen molar-refractivity contribution in [2.75, 3.05) is 18.9 Å². The molecular weight excluding hydrogens is 150 g/mol. The molecule has 64 valence electrons. The highest BCUT2D eigenvalue weighted by Gasteiger charge is 2.36. The molecule has 2 nitrogen and oxygen atoms in total. The Hall–Kier alpha value is -1.02. The predicted octanol–water partition coefficient (Wildman–Crippen LogP) is 1.56. The summed E-state index contributed by atoms with van der Waals surface area (Å²) in [5, 5.41) is 0. The Balaban J connectivity index is 2.39. The fourth-order valence-electron chi connectivity index (χ4n) is 1.61. The Kier molecular flexibility index (Phi) is 1.58. The summed E-state index contributed by atoms with van der Waals surface area (Å²) in [5.74, 6) is 0. The van der Waals surface area contributed by atoms with E-state index in [1.165, 1.54) is 5.56 Å². The highest BCUT2D eigenvalue weighted by atomic mass is 16.5. The summed E-state index contributed by atoms with van der Waals surface area (Å²) < 4.78 is 5.19. The Morgan fingerprint density at radius 2 is 2.00 bits per heavy atom. The van der Waals surface area contributed by atoms with Crippen LogP contribution in [0.1, 0.15) is 12.5 Å². The summed E-state index contributed by atoms with van der Waals surface area (Å²) in [4.78, 5) is 0. The second-order valence-corrected chi connectivity index (χ2v) is 3.64. The van der Waals surface area contributed by atoms with Crippen LogP contribution in [0.15, 0.2) is 24.3 Å². The molecule has 2 rings (SSSR count). The first-order valence-electron chi connectivity index (χ1n) is 4.15. The van der Waals surface area contributed by atoms with E-state index in [0.717, 1.165) is 18.9 Å². The molecule has 1 aromatic carbocycles. The maximum absolute atomic E-state index is 5.86. The van der Waals surface area contributed by atoms with Crippen LogP contribution in [0.25, 0.3) is 0 Å². The van der Waals surface area contributed by atoms with Gasteiger partial charge in [-0.25, -0.2) is 0 Å². The number of anilines is 1. The van der Waals surface area contributed by atoms with Crippen molar-refractivity contribution in [2.24, 2.45) is 0 Å². The predicted molar refractivity (Wildman–Crippen MR) is 49.0 cm³/mol. The fourth-order valence-corrected chi connectivity index (χ4v) is 1.61. The van der Waals surface area contributed by atoms with Crippen molar-refractivity contribution in [3.8, 4) is 0 Å². The van der Waals surface area contributed by atoms with Crippen LogP contribution in [0.4, 0.5) is 5.69 Å². The summed E-state index contributed by atoms with van der Waals surface area (Å²) in [6.45, 7) is 3.77. The zero-order valence-corrected chi connectivity index (χ0v) is 7.21. The van der Waals surface area contributed by atoms with E-state index in [1.54, 1.807) is 0 Å². The number of ether oxygens (including phenoxy) is 1. The molecule has 0 amide bonds. The van der Waals surface area contributed by atoms with Gasteiger partial charge >= 0.3 is 0 Å². The Labute approximate surface area is 72.3 Å². The van der Waals surface area contributed by atoms with Gasteiger partial charge in [-0.1, -0.05) is 25.1 Å². The molecule has 0 saturated carbocycles. The number of rotatable bonds is 1. The Morgan fingerprint density at radius 1 is 1.33 bits per heavy atom. The van der Waals surface area contributed by atoms with Gasteiger partial charge in [-0.3, -0.25) is 0 Å². The lowest BCUT2D eigenvalue weighted by Crippen LogP contribution is -2.44. The first-order chi connectivity index (χ1) is 5.72. The van der Waals surface area contributed by atoms with Crippen LogP contribution in [-0.4, -0.2) is 13.2 Å². The van der Waals surface area contributed by atoms with Gasteiger partial charge in [-0.15, -0.1) is 0 Å². The second-order valence-electron chi connectivity index (χ2n) is 3.64. The zero-order chi connectivity index (χ0) is 8.60. The van der Waals surface area contributed by atoms with Gasteiger partial charge in [0.2, 0.25) is 0 Å². The molecule has 0 atom stereocenters. The number of benzene rings is 1. The molecule has 1 aliphatic rings. The summed E-state index contributed by atoms with van der Waals surface area (Å²) in [7, 11) is 0. The van der Waals surface area contributed by atoms with Crippen molar-refractivity contribution >= 4 is 5.69 Å². The van der Waals surface area contributed by atoms with Crippen LogP contribution >= 0.6 is 0 Å². The smallest absolute Gasteiger partial charge is 0.0583 e. The van der Waals surface area contributed by atoms with Crippen molar-refractivity contribution in [3.05, 3.63) is 29.8 Å². The molecule has 0 spiro atoms. The third-order valence-electron chi connectivity index (χ3n) is 2.45. The molecule has 1 aliphatic heterocycles. The van der Waals surface area contributed by atoms with Gasteiger partial charge < -0.3 is 10.5 Å². The number of hydrogen-bond donors (Lipinski definition) is 1. The zero-order valence-electron chi connectivity index (χ0n) is 7.21. The van der Waals surface area contributed by atoms with Crippen molar-refractivity contribution in [3.63, 3.8) is 0 Å². The van der Waals surface area contributed by atoms with E-state index in [4.69, 9.17) is 10.5 Å². The highest BCUT2D eigenvalue weighted by Crippen LogP contribution is 2.34. The average molecular weight is 163 g/mol. The van der Waals surface area contributed by atoms with E-state index in [0.29, 0.717) is 0 Å². The van der Waals surface area contributed by atoms with Crippen LogP contribution in [0.2, 0.25) is 0 Å². The Morgan fingerprint density at radius 3 is 2.50 bits per heavy atom. The molecule has 0 radical (unpaired) electrons. The van der Waals surface area contributed by atoms with Gasteiger partial charge in [0.15, 0.2) is 0 Å². The van der Waals surface area contributed by atoms with Gasteiger partial charge in [-0.05, 0) is 11.6 Å². The summed E-state index contributed by atoms with van der Waals surface area (Å²) in [5.41, 5.74) is 8.12. The van der Waals surface area contributed by atoms with Crippen LogP contribution in [0.5, 0.6) is 0 Å².